The molecule has 0 aromatic rings. The topological polar surface area (TPSA) is 40.5 Å². The molecule has 0 amide bonds. The first-order valence-corrected chi connectivity index (χ1v) is 2.47. The molecule has 0 saturated heterocycles. The third-order valence-electron chi connectivity index (χ3n) is 0.512. The molecule has 0 radical (unpaired) electrons. The van der Waals surface area contributed by atoms with Crippen molar-refractivity contribution < 1.29 is 31.9 Å². The van der Waals surface area contributed by atoms with Gasteiger partial charge in [-0.15, -0.1) is 0 Å². The van der Waals surface area contributed by atoms with E-state index in [0.29, 0.717) is 6.61 Å². The van der Waals surface area contributed by atoms with E-state index in [1.165, 1.54) is 0 Å². The summed E-state index contributed by atoms with van der Waals surface area (Å²) in [6.07, 6.45) is 2.04. The van der Waals surface area contributed by atoms with Gasteiger partial charge in [0.05, 0.1) is 0 Å². The summed E-state index contributed by atoms with van der Waals surface area (Å²) in [6, 6.07) is 0. The summed E-state index contributed by atoms with van der Waals surface area (Å²) >= 11 is 0. The first-order chi connectivity index (χ1) is 3.41. The molecule has 8 heavy (non-hydrogen) atoms. The van der Waals surface area contributed by atoms with Crippen molar-refractivity contribution in [1.82, 2.24) is 0 Å². The molecule has 0 unspecified atom stereocenters. The fourth-order valence-corrected chi connectivity index (χ4v) is 0.158. The van der Waals surface area contributed by atoms with Crippen LogP contribution in [0.2, 0.25) is 0 Å². The smallest absolute Gasteiger partial charge is 0.0430 e. The van der Waals surface area contributed by atoms with Gasteiger partial charge >= 0.3 is 0 Å². The Morgan fingerprint density at radius 3 is 1.62 bits per heavy atom. The van der Waals surface area contributed by atoms with Crippen LogP contribution in [0.4, 0.5) is 0 Å². The van der Waals surface area contributed by atoms with E-state index in [4.69, 9.17) is 10.2 Å². The van der Waals surface area contributed by atoms with Crippen LogP contribution >= 0.6 is 0 Å². The molecule has 2 nitrogen and oxygen atoms in total. The van der Waals surface area contributed by atoms with Crippen molar-refractivity contribution in [3.8, 4) is 0 Å². The Morgan fingerprint density at radius 1 is 1.25 bits per heavy atom. The summed E-state index contributed by atoms with van der Waals surface area (Å²) in [5.74, 6) is 0. The molecular weight excluding hydrogens is 140 g/mol. The Balaban J connectivity index is -0.0000000750. The molecule has 0 saturated carbocycles. The minimum atomic E-state index is 0. The second-order valence-corrected chi connectivity index (χ2v) is 1.08. The largest absolute Gasteiger partial charge is 0.400 e. The maximum atomic E-state index is 8.07. The normalized spacial score (nSPS) is 6.00. The van der Waals surface area contributed by atoms with Gasteiger partial charge in [0.15, 0.2) is 0 Å². The fourth-order valence-electron chi connectivity index (χ4n) is 0.158. The van der Waals surface area contributed by atoms with Crippen molar-refractivity contribution in [2.24, 2.45) is 0 Å². The summed E-state index contributed by atoms with van der Waals surface area (Å²) in [5, 5.41) is 15.1. The first-order valence-electron chi connectivity index (χ1n) is 2.47. The zero-order valence-electron chi connectivity index (χ0n) is 5.52. The Hall–Kier alpha value is 0.634. The number of aliphatic hydroxyl groups excluding tert-OH is 2. The summed E-state index contributed by atoms with van der Waals surface area (Å²) in [6.45, 7) is 2.40. The summed E-state index contributed by atoms with van der Waals surface area (Å²) in [5.41, 5.74) is 0. The van der Waals surface area contributed by atoms with Crippen molar-refractivity contribution >= 4 is 0 Å². The summed E-state index contributed by atoms with van der Waals surface area (Å²) in [4.78, 5) is 0. The van der Waals surface area contributed by atoms with Gasteiger partial charge in [-0.1, -0.05) is 13.3 Å². The number of hydrogen-bond donors (Lipinski definition) is 2. The van der Waals surface area contributed by atoms with Gasteiger partial charge in [-0.05, 0) is 6.42 Å². The van der Waals surface area contributed by atoms with Gasteiger partial charge < -0.3 is 10.2 Å². The standard InChI is InChI=1S/C4H10O.CH4O.Ti/c1-2-3-4-5;1-2;/h5H,2-4H2,1H3;2H,1H3;. The van der Waals surface area contributed by atoms with Gasteiger partial charge in [0.2, 0.25) is 0 Å². The van der Waals surface area contributed by atoms with Gasteiger partial charge in [0, 0.05) is 35.4 Å². The van der Waals surface area contributed by atoms with Crippen LogP contribution in [0.15, 0.2) is 0 Å². The van der Waals surface area contributed by atoms with Crippen LogP contribution in [0.25, 0.3) is 0 Å². The molecule has 0 fully saturated rings. The summed E-state index contributed by atoms with van der Waals surface area (Å²) < 4.78 is 0. The average molecular weight is 154 g/mol. The molecule has 0 aromatic carbocycles. The number of rotatable bonds is 2. The molecule has 0 atom stereocenters. The van der Waals surface area contributed by atoms with Gasteiger partial charge in [0.1, 0.15) is 0 Å². The fraction of sp³-hybridized carbons (Fsp3) is 1.00. The first kappa shape index (κ1) is 15.9. The molecule has 0 aromatic heterocycles. The zero-order chi connectivity index (χ0) is 6.12. The van der Waals surface area contributed by atoms with Gasteiger partial charge in [-0.3, -0.25) is 0 Å². The summed E-state index contributed by atoms with van der Waals surface area (Å²) in [7, 11) is 1.00. The maximum Gasteiger partial charge on any atom is 0.0430 e. The van der Waals surface area contributed by atoms with E-state index >= 15 is 0 Å². The molecule has 0 rings (SSSR count). The van der Waals surface area contributed by atoms with E-state index in [9.17, 15) is 0 Å². The van der Waals surface area contributed by atoms with E-state index in [2.05, 4.69) is 6.92 Å². The molecule has 0 heterocycles. The van der Waals surface area contributed by atoms with E-state index in [1.54, 1.807) is 0 Å². The molecule has 0 aliphatic rings. The van der Waals surface area contributed by atoms with E-state index in [0.717, 1.165) is 20.0 Å². The molecular formula is C5H14O2Ti. The van der Waals surface area contributed by atoms with Gasteiger partial charge in [-0.2, -0.15) is 0 Å². The molecule has 3 heteroatoms. The van der Waals surface area contributed by atoms with Crippen LogP contribution < -0.4 is 0 Å². The minimum Gasteiger partial charge on any atom is -0.400 e. The van der Waals surface area contributed by atoms with Crippen LogP contribution in [0.1, 0.15) is 19.8 Å². The van der Waals surface area contributed by atoms with E-state index in [1.807, 2.05) is 0 Å². The zero-order valence-corrected chi connectivity index (χ0v) is 7.08. The van der Waals surface area contributed by atoms with E-state index < -0.39 is 0 Å². The molecule has 50 valence electrons. The maximum absolute atomic E-state index is 8.07. The second kappa shape index (κ2) is 25.4. The minimum absolute atomic E-state index is 0. The third kappa shape index (κ3) is 30.3. The number of unbranched alkanes of at least 4 members (excludes halogenated alkanes) is 1. The van der Waals surface area contributed by atoms with E-state index in [-0.39, 0.29) is 21.7 Å². The third-order valence-corrected chi connectivity index (χ3v) is 0.512. The van der Waals surface area contributed by atoms with Crippen molar-refractivity contribution in [2.75, 3.05) is 13.7 Å². The number of hydrogen-bond acceptors (Lipinski definition) is 2. The Labute approximate surface area is 65.8 Å². The number of aliphatic hydroxyl groups is 2. The Morgan fingerprint density at radius 2 is 1.62 bits per heavy atom. The van der Waals surface area contributed by atoms with Crippen LogP contribution in [0.5, 0.6) is 0 Å². The van der Waals surface area contributed by atoms with Gasteiger partial charge in [-0.25, -0.2) is 0 Å². The van der Waals surface area contributed by atoms with Crippen molar-refractivity contribution in [1.29, 1.82) is 0 Å². The average Bonchev–Trinajstić information content (AvgIpc) is 1.75. The molecule has 0 spiro atoms. The van der Waals surface area contributed by atoms with Crippen molar-refractivity contribution in [3.05, 3.63) is 0 Å². The molecule has 0 bridgehead atoms. The molecule has 0 aliphatic carbocycles. The van der Waals surface area contributed by atoms with Crippen LogP contribution in [0.3, 0.4) is 0 Å². The Bertz CT molecular complexity index is 17.9. The van der Waals surface area contributed by atoms with Crippen LogP contribution in [-0.2, 0) is 21.7 Å². The van der Waals surface area contributed by atoms with Gasteiger partial charge in [0.25, 0.3) is 0 Å². The van der Waals surface area contributed by atoms with Crippen molar-refractivity contribution in [2.45, 2.75) is 19.8 Å². The quantitative estimate of drug-likeness (QED) is 0.564. The van der Waals surface area contributed by atoms with Crippen LogP contribution in [-0.4, -0.2) is 23.9 Å². The predicted octanol–water partition coefficient (Wildman–Crippen LogP) is 0.385. The van der Waals surface area contributed by atoms with Crippen LogP contribution in [0, 0.1) is 0 Å². The molecule has 2 N–H and O–H groups in total. The second-order valence-electron chi connectivity index (χ2n) is 1.08. The SMILES string of the molecule is CCCCO.CO.[Ti]. The van der Waals surface area contributed by atoms with Crippen molar-refractivity contribution in [3.63, 3.8) is 0 Å². The predicted molar refractivity (Wildman–Crippen MR) is 30.1 cm³/mol. The monoisotopic (exact) mass is 154 g/mol. The molecule has 0 aliphatic heterocycles. The Kier molecular flexibility index (Phi) is 50.4.